The summed E-state index contributed by atoms with van der Waals surface area (Å²) < 4.78 is 33.1. The van der Waals surface area contributed by atoms with Crippen molar-refractivity contribution in [3.05, 3.63) is 41.3 Å². The van der Waals surface area contributed by atoms with E-state index in [1.807, 2.05) is 6.92 Å². The highest BCUT2D eigenvalue weighted by molar-refractivity contribution is 6.09. The number of aromatic nitrogens is 3. The van der Waals surface area contributed by atoms with E-state index in [2.05, 4.69) is 25.6 Å². The number of hydrogen-bond acceptors (Lipinski definition) is 5. The highest BCUT2D eigenvalue weighted by Crippen LogP contribution is 2.38. The van der Waals surface area contributed by atoms with Gasteiger partial charge in [0.1, 0.15) is 23.3 Å². The third kappa shape index (κ3) is 5.42. The van der Waals surface area contributed by atoms with Gasteiger partial charge in [-0.15, -0.1) is 0 Å². The lowest BCUT2D eigenvalue weighted by atomic mass is 10.0. The maximum atomic E-state index is 13.6. The lowest BCUT2D eigenvalue weighted by molar-refractivity contribution is -0.121. The Kier molecular flexibility index (Phi) is 7.08. The number of ether oxygens (including phenoxy) is 1. The quantitative estimate of drug-likeness (QED) is 0.381. The number of rotatable bonds is 9. The molecule has 0 aliphatic heterocycles. The number of halogens is 2. The Balaban J connectivity index is 1.44. The molecule has 37 heavy (non-hydrogen) atoms. The van der Waals surface area contributed by atoms with E-state index in [1.54, 1.807) is 13.0 Å². The van der Waals surface area contributed by atoms with Crippen LogP contribution in [0.4, 0.5) is 8.78 Å². The summed E-state index contributed by atoms with van der Waals surface area (Å²) in [4.78, 5) is 37.0. The zero-order chi connectivity index (χ0) is 26.1. The Bertz CT molecular complexity index is 1320. The van der Waals surface area contributed by atoms with Gasteiger partial charge in [0.05, 0.1) is 17.7 Å². The lowest BCUT2D eigenvalue weighted by Gasteiger charge is -2.15. The smallest absolute Gasteiger partial charge is 0.263 e. The lowest BCUT2D eigenvalue weighted by Crippen LogP contribution is -2.37. The number of hydrogen-bond donors (Lipinski definition) is 3. The van der Waals surface area contributed by atoms with Crippen molar-refractivity contribution >= 4 is 22.8 Å². The van der Waals surface area contributed by atoms with E-state index in [1.165, 1.54) is 18.5 Å². The van der Waals surface area contributed by atoms with Crippen LogP contribution in [0.25, 0.3) is 22.3 Å². The van der Waals surface area contributed by atoms with Gasteiger partial charge in [0, 0.05) is 35.3 Å². The Hall–Kier alpha value is -3.56. The number of nitrogens with zero attached hydrogens (tertiary/aromatic N) is 2. The third-order valence-corrected chi connectivity index (χ3v) is 7.13. The molecule has 2 saturated carbocycles. The third-order valence-electron chi connectivity index (χ3n) is 7.13. The molecule has 5 rings (SSSR count). The summed E-state index contributed by atoms with van der Waals surface area (Å²) >= 11 is 0. The summed E-state index contributed by atoms with van der Waals surface area (Å²) in [5.74, 6) is 0.694. The first kappa shape index (κ1) is 25.1. The summed E-state index contributed by atoms with van der Waals surface area (Å²) in [5, 5.41) is 6.07. The molecule has 3 aromatic rings. The molecule has 2 aliphatic carbocycles. The number of benzene rings is 1. The Labute approximate surface area is 213 Å². The van der Waals surface area contributed by atoms with E-state index in [0.29, 0.717) is 64.7 Å². The summed E-state index contributed by atoms with van der Waals surface area (Å²) in [7, 11) is 0. The molecule has 0 spiro atoms. The molecule has 196 valence electrons. The van der Waals surface area contributed by atoms with E-state index in [-0.39, 0.29) is 29.5 Å². The van der Waals surface area contributed by atoms with E-state index in [9.17, 15) is 18.4 Å². The number of carbonyl (C=O) groups excluding carboxylic acids is 2. The summed E-state index contributed by atoms with van der Waals surface area (Å²) in [6, 6.07) is 4.31. The van der Waals surface area contributed by atoms with E-state index < -0.39 is 6.43 Å². The Morgan fingerprint density at radius 2 is 1.89 bits per heavy atom. The van der Waals surface area contributed by atoms with Crippen LogP contribution >= 0.6 is 0 Å². The Morgan fingerprint density at radius 1 is 1.14 bits per heavy atom. The summed E-state index contributed by atoms with van der Waals surface area (Å²) in [5.41, 5.74) is 2.62. The van der Waals surface area contributed by atoms with Gasteiger partial charge in [-0.25, -0.2) is 18.7 Å². The van der Waals surface area contributed by atoms with Crippen LogP contribution in [0.5, 0.6) is 5.75 Å². The molecule has 0 bridgehead atoms. The number of aromatic amines is 1. The molecular formula is C27H31F2N5O3. The first-order valence-electron chi connectivity index (χ1n) is 12.8. The molecule has 0 unspecified atom stereocenters. The number of nitrogens with one attached hydrogen (secondary N) is 3. The minimum absolute atomic E-state index is 0.00469. The number of fused-ring (bicyclic) bond motifs is 1. The minimum atomic E-state index is -2.64. The Morgan fingerprint density at radius 3 is 2.59 bits per heavy atom. The second kappa shape index (κ2) is 10.4. The zero-order valence-corrected chi connectivity index (χ0v) is 20.9. The van der Waals surface area contributed by atoms with Crippen molar-refractivity contribution in [3.63, 3.8) is 0 Å². The number of aryl methyl sites for hydroxylation is 1. The van der Waals surface area contributed by atoms with Crippen molar-refractivity contribution in [1.29, 1.82) is 0 Å². The van der Waals surface area contributed by atoms with E-state index in [0.717, 1.165) is 25.7 Å². The maximum absolute atomic E-state index is 13.6. The molecule has 8 nitrogen and oxygen atoms in total. The van der Waals surface area contributed by atoms with Gasteiger partial charge in [0.2, 0.25) is 5.91 Å². The molecule has 2 atom stereocenters. The number of H-pyrrole nitrogens is 1. The van der Waals surface area contributed by atoms with Crippen molar-refractivity contribution in [3.8, 4) is 17.0 Å². The maximum Gasteiger partial charge on any atom is 0.263 e. The van der Waals surface area contributed by atoms with Gasteiger partial charge in [-0.2, -0.15) is 0 Å². The van der Waals surface area contributed by atoms with Crippen molar-refractivity contribution in [2.45, 2.75) is 70.9 Å². The van der Waals surface area contributed by atoms with Crippen LogP contribution in [-0.4, -0.2) is 45.5 Å². The van der Waals surface area contributed by atoms with Crippen LogP contribution in [-0.2, 0) is 4.79 Å². The molecule has 2 amide bonds. The molecule has 3 N–H and O–H groups in total. The SMILES string of the molecule is CCC(=O)N[C@@H]1CC[C@H](NC(=O)c2c(C)[nH]c3c(-c4cc(C(F)F)ccc4OCC4CC4)ncnc23)C1. The van der Waals surface area contributed by atoms with Gasteiger partial charge >= 0.3 is 0 Å². The molecular weight excluding hydrogens is 480 g/mol. The van der Waals surface area contributed by atoms with Crippen LogP contribution in [0, 0.1) is 12.8 Å². The van der Waals surface area contributed by atoms with Gasteiger partial charge in [-0.1, -0.05) is 6.92 Å². The second-order valence-electron chi connectivity index (χ2n) is 9.98. The molecule has 0 radical (unpaired) electrons. The highest BCUT2D eigenvalue weighted by atomic mass is 19.3. The fourth-order valence-corrected chi connectivity index (χ4v) is 4.92. The van der Waals surface area contributed by atoms with E-state index in [4.69, 9.17) is 4.74 Å². The largest absolute Gasteiger partial charge is 0.493 e. The van der Waals surface area contributed by atoms with Crippen molar-refractivity contribution in [1.82, 2.24) is 25.6 Å². The van der Waals surface area contributed by atoms with Gasteiger partial charge in [0.15, 0.2) is 0 Å². The summed E-state index contributed by atoms with van der Waals surface area (Å²) in [6.07, 6.45) is 3.57. The topological polar surface area (TPSA) is 109 Å². The van der Waals surface area contributed by atoms with Crippen molar-refractivity contribution < 1.29 is 23.1 Å². The van der Waals surface area contributed by atoms with Crippen LogP contribution in [0.1, 0.15) is 73.5 Å². The molecule has 2 aromatic heterocycles. The monoisotopic (exact) mass is 511 g/mol. The predicted octanol–water partition coefficient (Wildman–Crippen LogP) is 4.84. The standard InChI is InChI=1S/C27H31F2N5O3/c1-3-21(35)33-17-7-8-18(11-17)34-27(36)22-14(2)32-25-23(30-13-31-24(22)25)19-10-16(26(28)29)6-9-20(19)37-12-15-4-5-15/h6,9-10,13,15,17-18,26,32H,3-5,7-8,11-12H2,1-2H3,(H,33,35)(H,34,36)/t17-,18+/m1/s1. The van der Waals surface area contributed by atoms with Crippen molar-refractivity contribution in [2.24, 2.45) is 5.92 Å². The van der Waals surface area contributed by atoms with E-state index >= 15 is 0 Å². The first-order chi connectivity index (χ1) is 17.8. The first-order valence-corrected chi connectivity index (χ1v) is 12.8. The minimum Gasteiger partial charge on any atom is -0.493 e. The molecule has 2 heterocycles. The van der Waals surface area contributed by atoms with Crippen LogP contribution in [0.2, 0.25) is 0 Å². The predicted molar refractivity (Wildman–Crippen MR) is 135 cm³/mol. The number of alkyl halides is 2. The zero-order valence-electron chi connectivity index (χ0n) is 20.9. The van der Waals surface area contributed by atoms with Gasteiger partial charge in [-0.3, -0.25) is 9.59 Å². The van der Waals surface area contributed by atoms with Crippen molar-refractivity contribution in [2.75, 3.05) is 6.61 Å². The highest BCUT2D eigenvalue weighted by Gasteiger charge is 2.29. The number of carbonyl (C=O) groups is 2. The van der Waals surface area contributed by atoms with Gasteiger partial charge in [-0.05, 0) is 63.1 Å². The molecule has 2 fully saturated rings. The second-order valence-corrected chi connectivity index (χ2v) is 9.98. The molecule has 1 aromatic carbocycles. The molecule has 10 heteroatoms. The van der Waals surface area contributed by atoms with Crippen LogP contribution in [0.15, 0.2) is 24.5 Å². The summed E-state index contributed by atoms with van der Waals surface area (Å²) in [6.45, 7) is 4.11. The average molecular weight is 512 g/mol. The van der Waals surface area contributed by atoms with Gasteiger partial charge < -0.3 is 20.4 Å². The van der Waals surface area contributed by atoms with Gasteiger partial charge in [0.25, 0.3) is 12.3 Å². The molecule has 0 saturated heterocycles. The fourth-order valence-electron chi connectivity index (χ4n) is 4.92. The fraction of sp³-hybridized carbons (Fsp3) is 0.481. The van der Waals surface area contributed by atoms with Crippen LogP contribution in [0.3, 0.4) is 0 Å². The number of amides is 2. The van der Waals surface area contributed by atoms with Crippen LogP contribution < -0.4 is 15.4 Å². The average Bonchev–Trinajstić information content (AvgIpc) is 3.51. The normalized spacial score (nSPS) is 19.4. The molecule has 2 aliphatic rings.